The molecule has 0 aromatic rings. The van der Waals surface area contributed by atoms with Crippen molar-refractivity contribution in [2.45, 2.75) is 46.1 Å². The molecule has 3 nitrogen and oxygen atoms in total. The second kappa shape index (κ2) is 6.11. The highest BCUT2D eigenvalue weighted by Gasteiger charge is 2.26. The third kappa shape index (κ3) is 3.20. The Morgan fingerprint density at radius 2 is 2.27 bits per heavy atom. The van der Waals surface area contributed by atoms with Crippen molar-refractivity contribution in [3.63, 3.8) is 0 Å². The molecule has 15 heavy (non-hydrogen) atoms. The number of rotatable bonds is 4. The highest BCUT2D eigenvalue weighted by molar-refractivity contribution is 5.79. The van der Waals surface area contributed by atoms with Crippen molar-refractivity contribution in [2.24, 2.45) is 5.92 Å². The first kappa shape index (κ1) is 12.5. The summed E-state index contributed by atoms with van der Waals surface area (Å²) in [6.07, 6.45) is 3.23. The van der Waals surface area contributed by atoms with Gasteiger partial charge in [0.2, 0.25) is 5.91 Å². The van der Waals surface area contributed by atoms with E-state index < -0.39 is 0 Å². The maximum atomic E-state index is 12.2. The lowest BCUT2D eigenvalue weighted by Gasteiger charge is -2.32. The number of carbonyl (C=O) groups is 1. The summed E-state index contributed by atoms with van der Waals surface area (Å²) in [6, 6.07) is 0.379. The van der Waals surface area contributed by atoms with E-state index in [1.165, 1.54) is 0 Å². The maximum absolute atomic E-state index is 12.2. The van der Waals surface area contributed by atoms with Crippen LogP contribution in [0.3, 0.4) is 0 Å². The Morgan fingerprint density at radius 3 is 2.73 bits per heavy atom. The predicted molar refractivity (Wildman–Crippen MR) is 62.7 cm³/mol. The van der Waals surface area contributed by atoms with Crippen LogP contribution in [0.5, 0.6) is 0 Å². The summed E-state index contributed by atoms with van der Waals surface area (Å²) < 4.78 is 0. The van der Waals surface area contributed by atoms with Gasteiger partial charge in [0.1, 0.15) is 0 Å². The van der Waals surface area contributed by atoms with E-state index in [1.807, 2.05) is 4.90 Å². The van der Waals surface area contributed by atoms with Crippen molar-refractivity contribution in [2.75, 3.05) is 19.6 Å². The van der Waals surface area contributed by atoms with E-state index in [0.29, 0.717) is 11.9 Å². The molecule has 0 spiro atoms. The van der Waals surface area contributed by atoms with Crippen LogP contribution < -0.4 is 5.32 Å². The van der Waals surface area contributed by atoms with Gasteiger partial charge in [-0.05, 0) is 39.7 Å². The van der Waals surface area contributed by atoms with E-state index in [1.54, 1.807) is 0 Å². The molecular weight excluding hydrogens is 188 g/mol. The molecule has 0 aromatic carbocycles. The van der Waals surface area contributed by atoms with Crippen LogP contribution in [0.25, 0.3) is 0 Å². The van der Waals surface area contributed by atoms with Crippen LogP contribution in [0.1, 0.15) is 40.0 Å². The first-order valence-electron chi connectivity index (χ1n) is 6.21. The number of nitrogens with zero attached hydrogens (tertiary/aromatic N) is 1. The average Bonchev–Trinajstić information content (AvgIpc) is 2.30. The number of hydrogen-bond acceptors (Lipinski definition) is 2. The fourth-order valence-electron chi connectivity index (χ4n) is 2.20. The Kier molecular flexibility index (Phi) is 5.09. The van der Waals surface area contributed by atoms with Gasteiger partial charge < -0.3 is 10.2 Å². The van der Waals surface area contributed by atoms with Gasteiger partial charge in [-0.1, -0.05) is 6.92 Å². The standard InChI is InChI=1S/C12H24N2O/c1-4-10(3)14(5-2)12(15)11-7-6-8-13-9-11/h10-11,13H,4-9H2,1-3H3. The van der Waals surface area contributed by atoms with E-state index in [0.717, 1.165) is 38.9 Å². The molecule has 3 heteroatoms. The number of hydrogen-bond donors (Lipinski definition) is 1. The molecule has 2 atom stereocenters. The molecule has 0 saturated carbocycles. The molecule has 88 valence electrons. The second-order valence-corrected chi connectivity index (χ2v) is 4.42. The molecule has 1 fully saturated rings. The fourth-order valence-corrected chi connectivity index (χ4v) is 2.20. The van der Waals surface area contributed by atoms with Gasteiger partial charge in [0.25, 0.3) is 0 Å². The highest BCUT2D eigenvalue weighted by atomic mass is 16.2. The van der Waals surface area contributed by atoms with E-state index in [2.05, 4.69) is 26.1 Å². The van der Waals surface area contributed by atoms with E-state index in [4.69, 9.17) is 0 Å². The Bertz CT molecular complexity index is 200. The molecule has 2 unspecified atom stereocenters. The van der Waals surface area contributed by atoms with Crippen molar-refractivity contribution in [3.8, 4) is 0 Å². The minimum Gasteiger partial charge on any atom is -0.340 e. The highest BCUT2D eigenvalue weighted by Crippen LogP contribution is 2.16. The largest absolute Gasteiger partial charge is 0.340 e. The summed E-state index contributed by atoms with van der Waals surface area (Å²) in [5.74, 6) is 0.562. The molecular formula is C12H24N2O. The molecule has 0 radical (unpaired) electrons. The van der Waals surface area contributed by atoms with Gasteiger partial charge in [-0.25, -0.2) is 0 Å². The van der Waals surface area contributed by atoms with Crippen molar-refractivity contribution >= 4 is 5.91 Å². The van der Waals surface area contributed by atoms with Crippen molar-refractivity contribution in [1.29, 1.82) is 0 Å². The SMILES string of the molecule is CCC(C)N(CC)C(=O)C1CCCNC1. The first-order valence-corrected chi connectivity index (χ1v) is 6.21. The molecule has 1 saturated heterocycles. The smallest absolute Gasteiger partial charge is 0.227 e. The third-order valence-corrected chi connectivity index (χ3v) is 3.39. The van der Waals surface area contributed by atoms with Crippen molar-refractivity contribution < 1.29 is 4.79 Å². The van der Waals surface area contributed by atoms with Crippen LogP contribution in [0.15, 0.2) is 0 Å². The van der Waals surface area contributed by atoms with Gasteiger partial charge in [-0.3, -0.25) is 4.79 Å². The molecule has 0 aromatic heterocycles. The van der Waals surface area contributed by atoms with Gasteiger partial charge in [0.05, 0.1) is 5.92 Å². The van der Waals surface area contributed by atoms with Crippen molar-refractivity contribution in [1.82, 2.24) is 10.2 Å². The molecule has 1 amide bonds. The number of piperidine rings is 1. The van der Waals surface area contributed by atoms with Crippen LogP contribution in [0.4, 0.5) is 0 Å². The molecule has 1 aliphatic heterocycles. The first-order chi connectivity index (χ1) is 7.20. The third-order valence-electron chi connectivity index (χ3n) is 3.39. The van der Waals surface area contributed by atoms with Crippen LogP contribution in [0.2, 0.25) is 0 Å². The molecule has 1 aliphatic rings. The van der Waals surface area contributed by atoms with Crippen molar-refractivity contribution in [3.05, 3.63) is 0 Å². The summed E-state index contributed by atoms with van der Waals surface area (Å²) >= 11 is 0. The van der Waals surface area contributed by atoms with Gasteiger partial charge in [-0.2, -0.15) is 0 Å². The number of nitrogens with one attached hydrogen (secondary N) is 1. The zero-order valence-corrected chi connectivity index (χ0v) is 10.3. The number of amides is 1. The molecule has 0 aliphatic carbocycles. The Balaban J connectivity index is 2.54. The fraction of sp³-hybridized carbons (Fsp3) is 0.917. The van der Waals surface area contributed by atoms with Crippen LogP contribution >= 0.6 is 0 Å². The minimum atomic E-state index is 0.215. The van der Waals surface area contributed by atoms with Crippen LogP contribution in [-0.2, 0) is 4.79 Å². The molecule has 1 N–H and O–H groups in total. The van der Waals surface area contributed by atoms with Gasteiger partial charge in [-0.15, -0.1) is 0 Å². The van der Waals surface area contributed by atoms with Crippen LogP contribution in [-0.4, -0.2) is 36.5 Å². The molecule has 1 rings (SSSR count). The summed E-state index contributed by atoms with van der Waals surface area (Å²) in [5.41, 5.74) is 0. The number of carbonyl (C=O) groups excluding carboxylic acids is 1. The summed E-state index contributed by atoms with van der Waals surface area (Å²) in [5, 5.41) is 3.30. The molecule has 0 bridgehead atoms. The van der Waals surface area contributed by atoms with Gasteiger partial charge in [0, 0.05) is 19.1 Å². The average molecular weight is 212 g/mol. The zero-order chi connectivity index (χ0) is 11.3. The lowest BCUT2D eigenvalue weighted by atomic mass is 9.97. The van der Waals surface area contributed by atoms with Crippen LogP contribution in [0, 0.1) is 5.92 Å². The minimum absolute atomic E-state index is 0.215. The normalized spacial score (nSPS) is 23.5. The van der Waals surface area contributed by atoms with E-state index >= 15 is 0 Å². The lowest BCUT2D eigenvalue weighted by molar-refractivity contribution is -0.138. The summed E-state index contributed by atoms with van der Waals surface area (Å²) in [7, 11) is 0. The second-order valence-electron chi connectivity index (χ2n) is 4.42. The Hall–Kier alpha value is -0.570. The maximum Gasteiger partial charge on any atom is 0.227 e. The summed E-state index contributed by atoms with van der Waals surface area (Å²) in [4.78, 5) is 14.2. The Labute approximate surface area is 93.2 Å². The van der Waals surface area contributed by atoms with Gasteiger partial charge in [0.15, 0.2) is 0 Å². The van der Waals surface area contributed by atoms with Gasteiger partial charge >= 0.3 is 0 Å². The van der Waals surface area contributed by atoms with E-state index in [-0.39, 0.29) is 5.92 Å². The quantitative estimate of drug-likeness (QED) is 0.768. The topological polar surface area (TPSA) is 32.3 Å². The monoisotopic (exact) mass is 212 g/mol. The van der Waals surface area contributed by atoms with E-state index in [9.17, 15) is 4.79 Å². The predicted octanol–water partition coefficient (Wildman–Crippen LogP) is 1.63. The zero-order valence-electron chi connectivity index (χ0n) is 10.3. The summed E-state index contributed by atoms with van der Waals surface area (Å²) in [6.45, 7) is 9.12. The Morgan fingerprint density at radius 1 is 1.53 bits per heavy atom. The molecule has 1 heterocycles. The lowest BCUT2D eigenvalue weighted by Crippen LogP contribution is -2.46.